The molecule has 0 fully saturated rings. The first kappa shape index (κ1) is 22.0. The van der Waals surface area contributed by atoms with Crippen LogP contribution in [0.3, 0.4) is 0 Å². The number of aliphatic carboxylic acids is 1. The summed E-state index contributed by atoms with van der Waals surface area (Å²) in [7, 11) is 0. The smallest absolute Gasteiger partial charge is 0.305 e. The van der Waals surface area contributed by atoms with E-state index in [4.69, 9.17) is 10.8 Å². The van der Waals surface area contributed by atoms with Crippen molar-refractivity contribution >= 4 is 23.4 Å². The number of nitrogens with zero attached hydrogens (tertiary/aromatic N) is 2. The van der Waals surface area contributed by atoms with Crippen LogP contribution in [-0.4, -0.2) is 60.6 Å². The van der Waals surface area contributed by atoms with Gasteiger partial charge >= 0.3 is 5.97 Å². The molecular weight excluding hydrogens is 380 g/mol. The van der Waals surface area contributed by atoms with Gasteiger partial charge in [0.2, 0.25) is 5.91 Å². The first-order chi connectivity index (χ1) is 13.8. The van der Waals surface area contributed by atoms with E-state index in [9.17, 15) is 19.2 Å². The lowest BCUT2D eigenvalue weighted by Gasteiger charge is -2.21. The highest BCUT2D eigenvalue weighted by Crippen LogP contribution is 2.14. The molecule has 2 aromatic rings. The first-order valence-corrected chi connectivity index (χ1v) is 9.01. The lowest BCUT2D eigenvalue weighted by Crippen LogP contribution is -2.46. The molecule has 11 heteroatoms. The Hall–Kier alpha value is -3.34. The summed E-state index contributed by atoms with van der Waals surface area (Å²) in [5.74, 6) is -3.33. The molecule has 2 rings (SSSR count). The van der Waals surface area contributed by atoms with E-state index in [0.717, 1.165) is 0 Å². The Morgan fingerprint density at radius 3 is 2.14 bits per heavy atom. The number of hydrogen-bond acceptors (Lipinski definition) is 7. The van der Waals surface area contributed by atoms with Crippen molar-refractivity contribution in [2.45, 2.75) is 44.7 Å². The van der Waals surface area contributed by atoms with E-state index < -0.39 is 42.1 Å². The number of hydrogen-bond donors (Lipinski definition) is 5. The van der Waals surface area contributed by atoms with E-state index in [1.165, 1.54) is 25.8 Å². The summed E-state index contributed by atoms with van der Waals surface area (Å²) in [4.78, 5) is 61.5. The summed E-state index contributed by atoms with van der Waals surface area (Å²) in [5.41, 5.74) is 6.93. The third kappa shape index (κ3) is 6.96. The second-order valence-corrected chi connectivity index (χ2v) is 6.81. The van der Waals surface area contributed by atoms with Gasteiger partial charge in [-0.15, -0.1) is 0 Å². The number of Topliss-reactive ketones (excluding diaryl/α,β-unsaturated/α-hetero) is 2. The van der Waals surface area contributed by atoms with Gasteiger partial charge in [-0.2, -0.15) is 0 Å². The Balaban J connectivity index is 2.10. The van der Waals surface area contributed by atoms with Crippen molar-refractivity contribution in [3.05, 3.63) is 36.4 Å². The minimum absolute atomic E-state index is 0.159. The van der Waals surface area contributed by atoms with Gasteiger partial charge in [0.05, 0.1) is 37.1 Å². The molecule has 0 aliphatic rings. The van der Waals surface area contributed by atoms with Crippen LogP contribution in [-0.2, 0) is 32.0 Å². The van der Waals surface area contributed by atoms with Crippen LogP contribution in [0.5, 0.6) is 0 Å². The van der Waals surface area contributed by atoms with E-state index in [2.05, 4.69) is 25.3 Å². The van der Waals surface area contributed by atoms with Crippen LogP contribution >= 0.6 is 0 Å². The Labute approximate surface area is 166 Å². The van der Waals surface area contributed by atoms with Crippen LogP contribution in [0.1, 0.15) is 31.2 Å². The number of aromatic amines is 2. The van der Waals surface area contributed by atoms with Crippen molar-refractivity contribution in [1.29, 1.82) is 0 Å². The maximum atomic E-state index is 12.9. The Morgan fingerprint density at radius 1 is 1.07 bits per heavy atom. The minimum atomic E-state index is -1.21. The van der Waals surface area contributed by atoms with Gasteiger partial charge < -0.3 is 26.1 Å². The molecule has 11 nitrogen and oxygen atoms in total. The van der Waals surface area contributed by atoms with Crippen LogP contribution in [0.25, 0.3) is 0 Å². The molecule has 29 heavy (non-hydrogen) atoms. The van der Waals surface area contributed by atoms with Gasteiger partial charge in [0, 0.05) is 43.0 Å². The highest BCUT2D eigenvalue weighted by molar-refractivity contribution is 5.93. The van der Waals surface area contributed by atoms with Gasteiger partial charge in [-0.05, 0) is 6.92 Å². The monoisotopic (exact) mass is 404 g/mol. The number of aromatic nitrogens is 4. The largest absolute Gasteiger partial charge is 0.481 e. The molecule has 0 aliphatic heterocycles. The van der Waals surface area contributed by atoms with E-state index in [1.54, 1.807) is 6.20 Å². The Kier molecular flexibility index (Phi) is 7.78. The van der Waals surface area contributed by atoms with Gasteiger partial charge in [-0.3, -0.25) is 19.2 Å². The molecule has 3 atom stereocenters. The maximum Gasteiger partial charge on any atom is 0.305 e. The van der Waals surface area contributed by atoms with Gasteiger partial charge in [0.1, 0.15) is 0 Å². The van der Waals surface area contributed by atoms with Crippen molar-refractivity contribution in [3.63, 3.8) is 0 Å². The second kappa shape index (κ2) is 10.3. The summed E-state index contributed by atoms with van der Waals surface area (Å²) in [6.07, 6.45) is 5.60. The third-order valence-corrected chi connectivity index (χ3v) is 4.43. The number of amides is 1. The van der Waals surface area contributed by atoms with Crippen molar-refractivity contribution in [1.82, 2.24) is 25.3 Å². The second-order valence-electron chi connectivity index (χ2n) is 6.81. The van der Waals surface area contributed by atoms with Crippen LogP contribution in [0, 0.1) is 5.92 Å². The summed E-state index contributed by atoms with van der Waals surface area (Å²) in [6.45, 7) is 1.36. The molecule has 156 valence electrons. The number of rotatable bonds is 12. The highest BCUT2D eigenvalue weighted by Gasteiger charge is 2.29. The molecule has 6 N–H and O–H groups in total. The summed E-state index contributed by atoms with van der Waals surface area (Å²) < 4.78 is 0. The molecule has 2 aromatic heterocycles. The van der Waals surface area contributed by atoms with Crippen LogP contribution in [0.15, 0.2) is 25.0 Å². The molecule has 0 bridgehead atoms. The topological polar surface area (TPSA) is 184 Å². The van der Waals surface area contributed by atoms with Crippen molar-refractivity contribution in [3.8, 4) is 0 Å². The predicted octanol–water partition coefficient (Wildman–Crippen LogP) is -0.631. The van der Waals surface area contributed by atoms with E-state index in [0.29, 0.717) is 11.4 Å². The quantitative estimate of drug-likeness (QED) is 0.309. The predicted molar refractivity (Wildman–Crippen MR) is 101 cm³/mol. The zero-order chi connectivity index (χ0) is 21.4. The zero-order valence-corrected chi connectivity index (χ0v) is 15.9. The number of carbonyl (C=O) groups is 4. The molecule has 1 amide bonds. The Bertz CT molecular complexity index is 833. The highest BCUT2D eigenvalue weighted by atomic mass is 16.4. The van der Waals surface area contributed by atoms with Crippen LogP contribution in [0.4, 0.5) is 0 Å². The maximum absolute atomic E-state index is 12.9. The fraction of sp³-hybridized carbons (Fsp3) is 0.444. The van der Waals surface area contributed by atoms with Crippen molar-refractivity contribution in [2.24, 2.45) is 11.7 Å². The number of nitrogens with one attached hydrogen (secondary N) is 3. The number of carboxylic acid groups (broad SMARTS) is 1. The molecule has 0 spiro atoms. The van der Waals surface area contributed by atoms with Gasteiger partial charge in [-0.1, -0.05) is 0 Å². The molecule has 0 aliphatic carbocycles. The first-order valence-electron chi connectivity index (χ1n) is 9.01. The fourth-order valence-corrected chi connectivity index (χ4v) is 2.82. The number of H-pyrrole nitrogens is 2. The fourth-order valence-electron chi connectivity index (χ4n) is 2.82. The molecule has 0 unspecified atom stereocenters. The molecule has 0 aromatic carbocycles. The zero-order valence-electron chi connectivity index (χ0n) is 15.9. The molecular formula is C18H24N6O5. The number of carbonyl (C=O) groups excluding carboxylic acids is 3. The standard InChI is InChI=1S/C18H24N6O5/c1-10(25)15(4-13-7-21-9-23-13)24-18(29)11(2-12-6-20-8-22-12)3-16(26)14(19)5-17(27)28/h6-9,11,14-15H,2-5,19H2,1H3,(H,20,22)(H,21,23)(H,24,29)(H,27,28)/t11-,14+,15+/m0/s1. The molecule has 0 saturated heterocycles. The number of carboxylic acids is 1. The van der Waals surface area contributed by atoms with E-state index in [1.807, 2.05) is 0 Å². The minimum Gasteiger partial charge on any atom is -0.481 e. The van der Waals surface area contributed by atoms with E-state index >= 15 is 0 Å². The van der Waals surface area contributed by atoms with Crippen LogP contribution in [0.2, 0.25) is 0 Å². The average molecular weight is 404 g/mol. The van der Waals surface area contributed by atoms with Gasteiger partial charge in [0.15, 0.2) is 11.6 Å². The molecule has 0 saturated carbocycles. The molecule has 2 heterocycles. The normalized spacial score (nSPS) is 14.0. The SMILES string of the molecule is CC(=O)[C@@H](Cc1cnc[nH]1)NC(=O)[C@H](CC(=O)[C@H](N)CC(=O)O)Cc1cnc[nH]1. The van der Waals surface area contributed by atoms with E-state index in [-0.39, 0.29) is 25.0 Å². The average Bonchev–Trinajstić information content (AvgIpc) is 3.33. The summed E-state index contributed by atoms with van der Waals surface area (Å²) in [5, 5.41) is 11.5. The Morgan fingerprint density at radius 2 is 1.66 bits per heavy atom. The number of ketones is 2. The van der Waals surface area contributed by atoms with Gasteiger partial charge in [-0.25, -0.2) is 9.97 Å². The van der Waals surface area contributed by atoms with Crippen LogP contribution < -0.4 is 11.1 Å². The molecule has 0 radical (unpaired) electrons. The van der Waals surface area contributed by atoms with Crippen molar-refractivity contribution < 1.29 is 24.3 Å². The lowest BCUT2D eigenvalue weighted by molar-refractivity contribution is -0.139. The third-order valence-electron chi connectivity index (χ3n) is 4.43. The summed E-state index contributed by atoms with van der Waals surface area (Å²) in [6, 6.07) is -2.01. The van der Waals surface area contributed by atoms with Crippen molar-refractivity contribution in [2.75, 3.05) is 0 Å². The number of nitrogens with two attached hydrogens (primary N) is 1. The summed E-state index contributed by atoms with van der Waals surface area (Å²) >= 11 is 0. The lowest BCUT2D eigenvalue weighted by atomic mass is 9.92. The van der Waals surface area contributed by atoms with Gasteiger partial charge in [0.25, 0.3) is 0 Å². The number of imidazole rings is 2.